The predicted molar refractivity (Wildman–Crippen MR) is 144 cm³/mol. The van der Waals surface area contributed by atoms with Gasteiger partial charge in [0.2, 0.25) is 5.88 Å². The molecule has 1 aromatic carbocycles. The highest BCUT2D eigenvalue weighted by Gasteiger charge is 2.37. The second-order valence-electron chi connectivity index (χ2n) is 10.3. The number of ether oxygens (including phenoxy) is 3. The SMILES string of the molecule is Cc1cc2c(OCC(O)CN3CC4CC=CCC3CN4C3=COC=C(C4=CC=CCC4)O3)cccc2[nH]1. The van der Waals surface area contributed by atoms with Gasteiger partial charge in [-0.15, -0.1) is 0 Å². The van der Waals surface area contributed by atoms with Crippen LogP contribution >= 0.6 is 0 Å². The molecule has 1 aromatic heterocycles. The standard InChI is InChI=1S/C30H35N3O4/c1-21-14-26-27(31-21)12-7-13-28(26)36-18-25(34)17-32-15-24-11-6-5-10-23(32)16-33(24)30-20-35-19-29(37-30)22-8-3-2-4-9-22/h2-3,5-8,12-14,19-20,23-25,31,34H,4,9-11,15-18H2,1H3. The third-order valence-corrected chi connectivity index (χ3v) is 7.60. The van der Waals surface area contributed by atoms with Crippen molar-refractivity contribution in [2.75, 3.05) is 26.2 Å². The molecule has 0 amide bonds. The molecule has 2 aromatic rings. The Balaban J connectivity index is 1.09. The summed E-state index contributed by atoms with van der Waals surface area (Å²) in [6.45, 7) is 4.55. The highest BCUT2D eigenvalue weighted by Crippen LogP contribution is 2.33. The Hall–Kier alpha value is -3.42. The maximum absolute atomic E-state index is 10.9. The van der Waals surface area contributed by atoms with Crippen LogP contribution in [-0.2, 0) is 9.47 Å². The number of hydrogen-bond donors (Lipinski definition) is 2. The van der Waals surface area contributed by atoms with E-state index in [0.29, 0.717) is 6.54 Å². The van der Waals surface area contributed by atoms with Crippen LogP contribution in [0.3, 0.4) is 0 Å². The monoisotopic (exact) mass is 501 g/mol. The highest BCUT2D eigenvalue weighted by atomic mass is 16.6. The third kappa shape index (κ3) is 5.20. The summed E-state index contributed by atoms with van der Waals surface area (Å²) in [6, 6.07) is 8.58. The lowest BCUT2D eigenvalue weighted by molar-refractivity contribution is -0.0206. The molecule has 2 N–H and O–H groups in total. The van der Waals surface area contributed by atoms with Gasteiger partial charge < -0.3 is 29.2 Å². The number of aromatic nitrogens is 1. The molecule has 1 aliphatic carbocycles. The second kappa shape index (κ2) is 10.5. The Kier molecular flexibility index (Phi) is 6.81. The Morgan fingerprint density at radius 2 is 2.03 bits per heavy atom. The van der Waals surface area contributed by atoms with Crippen LogP contribution in [0.2, 0.25) is 0 Å². The smallest absolute Gasteiger partial charge is 0.232 e. The molecule has 7 heteroatoms. The third-order valence-electron chi connectivity index (χ3n) is 7.60. The highest BCUT2D eigenvalue weighted by molar-refractivity contribution is 5.86. The van der Waals surface area contributed by atoms with E-state index in [2.05, 4.69) is 51.2 Å². The lowest BCUT2D eigenvalue weighted by Gasteiger charge is -2.48. The summed E-state index contributed by atoms with van der Waals surface area (Å²) >= 11 is 0. The lowest BCUT2D eigenvalue weighted by Crippen LogP contribution is -2.60. The van der Waals surface area contributed by atoms with Crippen molar-refractivity contribution in [1.82, 2.24) is 14.8 Å². The Bertz CT molecular complexity index is 1290. The van der Waals surface area contributed by atoms with Gasteiger partial charge in [-0.3, -0.25) is 4.90 Å². The van der Waals surface area contributed by atoms with Crippen LogP contribution in [0.25, 0.3) is 10.9 Å². The van der Waals surface area contributed by atoms with Crippen LogP contribution in [-0.4, -0.2) is 64.3 Å². The first-order chi connectivity index (χ1) is 18.1. The van der Waals surface area contributed by atoms with Gasteiger partial charge in [0.1, 0.15) is 24.7 Å². The summed E-state index contributed by atoms with van der Waals surface area (Å²) in [7, 11) is 0. The molecule has 5 heterocycles. The van der Waals surface area contributed by atoms with Crippen molar-refractivity contribution in [3.05, 3.63) is 90.1 Å². The summed E-state index contributed by atoms with van der Waals surface area (Å²) in [5.41, 5.74) is 3.31. The average Bonchev–Trinajstić information content (AvgIpc) is 3.29. The second-order valence-corrected chi connectivity index (χ2v) is 10.3. The number of aliphatic hydroxyl groups excluding tert-OH is 1. The molecule has 0 spiro atoms. The molecule has 0 saturated carbocycles. The van der Waals surface area contributed by atoms with Crippen LogP contribution < -0.4 is 4.74 Å². The molecular formula is C30H35N3O4. The molecule has 2 bridgehead atoms. The number of benzene rings is 1. The quantitative estimate of drug-likeness (QED) is 0.527. The molecule has 194 valence electrons. The molecule has 4 aliphatic heterocycles. The van der Waals surface area contributed by atoms with Crippen LogP contribution in [0.4, 0.5) is 0 Å². The summed E-state index contributed by atoms with van der Waals surface area (Å²) in [5, 5.41) is 12.0. The van der Waals surface area contributed by atoms with Crippen molar-refractivity contribution in [1.29, 1.82) is 0 Å². The molecule has 7 nitrogen and oxygen atoms in total. The fraction of sp³-hybridized carbons (Fsp3) is 0.400. The Morgan fingerprint density at radius 3 is 2.89 bits per heavy atom. The van der Waals surface area contributed by atoms with Crippen molar-refractivity contribution in [3.8, 4) is 5.75 Å². The van der Waals surface area contributed by atoms with Gasteiger partial charge in [0.25, 0.3) is 0 Å². The minimum Gasteiger partial charge on any atom is -0.490 e. The minimum atomic E-state index is -0.581. The lowest BCUT2D eigenvalue weighted by atomic mass is 9.97. The summed E-state index contributed by atoms with van der Waals surface area (Å²) in [6.07, 6.45) is 17.6. The number of aryl methyl sites for hydroxylation is 1. The summed E-state index contributed by atoms with van der Waals surface area (Å²) < 4.78 is 18.2. The predicted octanol–water partition coefficient (Wildman–Crippen LogP) is 4.88. The number of piperazine rings is 1. The number of nitrogens with one attached hydrogen (secondary N) is 1. The molecule has 3 unspecified atom stereocenters. The van der Waals surface area contributed by atoms with Gasteiger partial charge in [0.05, 0.1) is 0 Å². The van der Waals surface area contributed by atoms with Crippen LogP contribution in [0.1, 0.15) is 31.4 Å². The van der Waals surface area contributed by atoms with E-state index in [1.54, 1.807) is 12.5 Å². The molecule has 7 rings (SSSR count). The molecule has 3 atom stereocenters. The largest absolute Gasteiger partial charge is 0.490 e. The molecule has 1 saturated heterocycles. The van der Waals surface area contributed by atoms with Crippen LogP contribution in [0.5, 0.6) is 5.75 Å². The van der Waals surface area contributed by atoms with E-state index in [0.717, 1.165) is 72.8 Å². The van der Waals surface area contributed by atoms with Gasteiger partial charge in [-0.2, -0.15) is 0 Å². The first-order valence-electron chi connectivity index (χ1n) is 13.3. The summed E-state index contributed by atoms with van der Waals surface area (Å²) in [5.74, 6) is 2.38. The van der Waals surface area contributed by atoms with E-state index in [1.165, 1.54) is 5.57 Å². The van der Waals surface area contributed by atoms with Crippen molar-refractivity contribution >= 4 is 10.9 Å². The van der Waals surface area contributed by atoms with E-state index in [1.807, 2.05) is 25.1 Å². The molecular weight excluding hydrogens is 466 g/mol. The minimum absolute atomic E-state index is 0.243. The molecule has 37 heavy (non-hydrogen) atoms. The number of nitrogens with zero attached hydrogens (tertiary/aromatic N) is 2. The maximum Gasteiger partial charge on any atom is 0.232 e. The fourth-order valence-corrected chi connectivity index (χ4v) is 5.73. The van der Waals surface area contributed by atoms with E-state index >= 15 is 0 Å². The average molecular weight is 502 g/mol. The van der Waals surface area contributed by atoms with Gasteiger partial charge >= 0.3 is 0 Å². The van der Waals surface area contributed by atoms with Gasteiger partial charge in [0, 0.05) is 48.3 Å². The van der Waals surface area contributed by atoms with Crippen molar-refractivity contribution in [2.24, 2.45) is 0 Å². The number of allylic oxidation sites excluding steroid dienone is 4. The number of aliphatic hydroxyl groups is 1. The first kappa shape index (κ1) is 23.9. The number of H-pyrrole nitrogens is 1. The van der Waals surface area contributed by atoms with Crippen molar-refractivity contribution in [2.45, 2.75) is 50.8 Å². The first-order valence-corrected chi connectivity index (χ1v) is 13.3. The fourth-order valence-electron chi connectivity index (χ4n) is 5.73. The van der Waals surface area contributed by atoms with Gasteiger partial charge in [-0.1, -0.05) is 36.4 Å². The van der Waals surface area contributed by atoms with E-state index in [-0.39, 0.29) is 18.7 Å². The Labute approximate surface area is 218 Å². The summed E-state index contributed by atoms with van der Waals surface area (Å²) in [4.78, 5) is 8.09. The van der Waals surface area contributed by atoms with Crippen LogP contribution in [0, 0.1) is 6.92 Å². The van der Waals surface area contributed by atoms with Gasteiger partial charge in [-0.25, -0.2) is 0 Å². The molecule has 5 aliphatic rings. The van der Waals surface area contributed by atoms with E-state index in [4.69, 9.17) is 14.2 Å². The Morgan fingerprint density at radius 1 is 1.14 bits per heavy atom. The maximum atomic E-state index is 10.9. The van der Waals surface area contributed by atoms with Crippen LogP contribution in [0.15, 0.2) is 84.4 Å². The topological polar surface area (TPSA) is 70.2 Å². The van der Waals surface area contributed by atoms with Crippen molar-refractivity contribution < 1.29 is 19.3 Å². The van der Waals surface area contributed by atoms with Gasteiger partial charge in [0.15, 0.2) is 12.0 Å². The normalized spacial score (nSPS) is 24.5. The number of aromatic amines is 1. The number of hydrogen-bond acceptors (Lipinski definition) is 6. The van der Waals surface area contributed by atoms with E-state index in [9.17, 15) is 5.11 Å². The molecule has 1 fully saturated rings. The number of fused-ring (bicyclic) bond motifs is 5. The van der Waals surface area contributed by atoms with Crippen molar-refractivity contribution in [3.63, 3.8) is 0 Å². The zero-order chi connectivity index (χ0) is 25.2. The number of rotatable bonds is 7. The molecule has 0 radical (unpaired) electrons. The zero-order valence-corrected chi connectivity index (χ0v) is 21.3. The zero-order valence-electron chi connectivity index (χ0n) is 21.3. The van der Waals surface area contributed by atoms with E-state index < -0.39 is 6.10 Å². The van der Waals surface area contributed by atoms with Gasteiger partial charge in [-0.05, 0) is 56.4 Å².